The van der Waals surface area contributed by atoms with Gasteiger partial charge in [-0.25, -0.2) is 0 Å². The van der Waals surface area contributed by atoms with Gasteiger partial charge in [-0.3, -0.25) is 24.0 Å². The Balaban J connectivity index is 2.00. The Bertz CT molecular complexity index is 1350. The van der Waals surface area contributed by atoms with Crippen LogP contribution in [0.25, 0.3) is 0 Å². The zero-order chi connectivity index (χ0) is 33.8. The second-order valence-electron chi connectivity index (χ2n) is 12.3. The van der Waals surface area contributed by atoms with Gasteiger partial charge in [0.1, 0.15) is 30.5 Å². The third-order valence-corrected chi connectivity index (χ3v) is 7.77. The summed E-state index contributed by atoms with van der Waals surface area (Å²) in [7, 11) is 5.35. The molecule has 0 saturated heterocycles. The molecule has 0 aliphatic carbocycles. The summed E-state index contributed by atoms with van der Waals surface area (Å²) in [6.45, 7) is 6.54. The number of benzene rings is 2. The van der Waals surface area contributed by atoms with E-state index in [1.807, 2.05) is 63.2 Å². The fourth-order valence-electron chi connectivity index (χ4n) is 5.06. The maximum atomic E-state index is 13.8. The molecular weight excluding hydrogens is 588 g/mol. The Morgan fingerprint density at radius 2 is 1.65 bits per heavy atom. The number of carbonyl (C=O) groups excluding carboxylic acids is 5. The van der Waals surface area contributed by atoms with Crippen LogP contribution in [-0.2, 0) is 25.6 Å². The Kier molecular flexibility index (Phi) is 13.5. The zero-order valence-corrected chi connectivity index (χ0v) is 27.7. The van der Waals surface area contributed by atoms with Crippen LogP contribution in [0.2, 0.25) is 0 Å². The standard InChI is InChI=1S/C34H48N6O6/c1-22(2)30-34(45)36-23(3)21-46-28-16-11-10-15-25(28)31(42)37-26(32(43)35-17-12-18-39(4)5)20-29(41)40(6)27(33(44)38-30)19-24-13-8-7-9-14-24/h7-11,13-16,22-23,26-27,30H,12,17-21H2,1-6H3,(H,35,43)(H,36,45)(H,37,42)(H,38,44)/t23-,26-,27-,30+/m0/s1. The van der Waals surface area contributed by atoms with Crippen molar-refractivity contribution < 1.29 is 28.7 Å². The van der Waals surface area contributed by atoms with E-state index in [4.69, 9.17) is 4.74 Å². The van der Waals surface area contributed by atoms with Crippen LogP contribution in [0.1, 0.15) is 49.5 Å². The summed E-state index contributed by atoms with van der Waals surface area (Å²) in [6, 6.07) is 12.2. The number of para-hydroxylation sites is 1. The Labute approximate surface area is 271 Å². The normalized spacial score (nSPS) is 21.9. The molecule has 0 spiro atoms. The predicted molar refractivity (Wildman–Crippen MR) is 175 cm³/mol. The van der Waals surface area contributed by atoms with Crippen LogP contribution < -0.4 is 26.0 Å². The molecule has 12 heteroatoms. The number of rotatable bonds is 8. The van der Waals surface area contributed by atoms with Crippen molar-refractivity contribution in [3.63, 3.8) is 0 Å². The molecule has 250 valence electrons. The summed E-state index contributed by atoms with van der Waals surface area (Å²) < 4.78 is 5.94. The number of nitrogens with one attached hydrogen (secondary N) is 4. The average molecular weight is 637 g/mol. The van der Waals surface area contributed by atoms with E-state index in [9.17, 15) is 24.0 Å². The highest BCUT2D eigenvalue weighted by Crippen LogP contribution is 2.19. The molecule has 2 aromatic rings. The van der Waals surface area contributed by atoms with Gasteiger partial charge in [-0.05, 0) is 57.6 Å². The van der Waals surface area contributed by atoms with Gasteiger partial charge in [0.05, 0.1) is 18.0 Å². The van der Waals surface area contributed by atoms with Gasteiger partial charge in [0.25, 0.3) is 5.91 Å². The van der Waals surface area contributed by atoms with Crippen LogP contribution >= 0.6 is 0 Å². The maximum absolute atomic E-state index is 13.8. The van der Waals surface area contributed by atoms with Crippen molar-refractivity contribution in [2.24, 2.45) is 5.92 Å². The summed E-state index contributed by atoms with van der Waals surface area (Å²) in [4.78, 5) is 71.3. The minimum Gasteiger partial charge on any atom is -0.491 e. The van der Waals surface area contributed by atoms with Gasteiger partial charge in [0.2, 0.25) is 23.6 Å². The van der Waals surface area contributed by atoms with Crippen molar-refractivity contribution >= 4 is 29.5 Å². The number of amides is 5. The molecular formula is C34H48N6O6. The van der Waals surface area contributed by atoms with Gasteiger partial charge in [-0.15, -0.1) is 0 Å². The molecule has 4 atom stereocenters. The van der Waals surface area contributed by atoms with Crippen molar-refractivity contribution in [1.82, 2.24) is 31.1 Å². The second kappa shape index (κ2) is 17.3. The Hall–Kier alpha value is -4.45. The summed E-state index contributed by atoms with van der Waals surface area (Å²) in [6.07, 6.45) is 0.451. The van der Waals surface area contributed by atoms with Crippen LogP contribution in [0, 0.1) is 5.92 Å². The fraction of sp³-hybridized carbons (Fsp3) is 0.500. The fourth-order valence-corrected chi connectivity index (χ4v) is 5.06. The first-order valence-corrected chi connectivity index (χ1v) is 15.7. The topological polar surface area (TPSA) is 149 Å². The molecule has 0 unspecified atom stereocenters. The summed E-state index contributed by atoms with van der Waals surface area (Å²) >= 11 is 0. The molecule has 0 fully saturated rings. The number of carbonyl (C=O) groups is 5. The van der Waals surface area contributed by atoms with E-state index in [1.165, 1.54) is 11.9 Å². The lowest BCUT2D eigenvalue weighted by atomic mass is 9.99. The van der Waals surface area contributed by atoms with Gasteiger partial charge in [0, 0.05) is 20.0 Å². The van der Waals surface area contributed by atoms with Crippen LogP contribution in [0.3, 0.4) is 0 Å². The number of likely N-dealkylation sites (N-methyl/N-ethyl adjacent to an activating group) is 1. The SMILES string of the molecule is CC(C)[C@H]1NC(=O)[C@H](Cc2ccccc2)N(C)C(=O)C[C@@H](C(=O)NCCCN(C)C)NC(=O)c2ccccc2OC[C@H](C)NC1=O. The molecule has 1 heterocycles. The maximum Gasteiger partial charge on any atom is 0.255 e. The highest BCUT2D eigenvalue weighted by molar-refractivity contribution is 6.01. The van der Waals surface area contributed by atoms with E-state index >= 15 is 0 Å². The third kappa shape index (κ3) is 10.6. The summed E-state index contributed by atoms with van der Waals surface area (Å²) in [5.41, 5.74) is 0.986. The van der Waals surface area contributed by atoms with Crippen molar-refractivity contribution in [1.29, 1.82) is 0 Å². The van der Waals surface area contributed by atoms with Crippen LogP contribution in [0.4, 0.5) is 0 Å². The van der Waals surface area contributed by atoms with Gasteiger partial charge in [0.15, 0.2) is 0 Å². The molecule has 0 radical (unpaired) electrons. The van der Waals surface area contributed by atoms with Crippen LogP contribution in [-0.4, -0.2) is 104 Å². The Morgan fingerprint density at radius 3 is 2.33 bits per heavy atom. The average Bonchev–Trinajstić information content (AvgIpc) is 3.02. The molecule has 12 nitrogen and oxygen atoms in total. The largest absolute Gasteiger partial charge is 0.491 e. The number of nitrogens with zero attached hydrogens (tertiary/aromatic N) is 2. The van der Waals surface area contributed by atoms with Crippen LogP contribution in [0.5, 0.6) is 5.75 Å². The van der Waals surface area contributed by atoms with Crippen molar-refractivity contribution in [2.45, 2.75) is 64.2 Å². The lowest BCUT2D eigenvalue weighted by Crippen LogP contribution is -2.58. The van der Waals surface area contributed by atoms with Crippen molar-refractivity contribution in [2.75, 3.05) is 40.8 Å². The molecule has 3 rings (SSSR count). The van der Waals surface area contributed by atoms with E-state index in [1.54, 1.807) is 31.2 Å². The van der Waals surface area contributed by atoms with E-state index in [0.717, 1.165) is 12.1 Å². The summed E-state index contributed by atoms with van der Waals surface area (Å²) in [5, 5.41) is 11.3. The van der Waals surface area contributed by atoms with Crippen molar-refractivity contribution in [3.05, 3.63) is 65.7 Å². The minimum absolute atomic E-state index is 0.0441. The highest BCUT2D eigenvalue weighted by atomic mass is 16.5. The molecule has 5 amide bonds. The minimum atomic E-state index is -1.23. The van der Waals surface area contributed by atoms with Gasteiger partial charge >= 0.3 is 0 Å². The first kappa shape index (κ1) is 36.0. The lowest BCUT2D eigenvalue weighted by Gasteiger charge is -2.31. The first-order valence-electron chi connectivity index (χ1n) is 15.7. The van der Waals surface area contributed by atoms with E-state index in [0.29, 0.717) is 13.0 Å². The molecule has 2 aromatic carbocycles. The number of ether oxygens (including phenoxy) is 1. The predicted octanol–water partition coefficient (Wildman–Crippen LogP) is 1.35. The molecule has 0 bridgehead atoms. The van der Waals surface area contributed by atoms with Gasteiger partial charge < -0.3 is 35.8 Å². The first-order chi connectivity index (χ1) is 21.9. The van der Waals surface area contributed by atoms with Gasteiger partial charge in [-0.1, -0.05) is 56.3 Å². The molecule has 0 aromatic heterocycles. The molecule has 46 heavy (non-hydrogen) atoms. The highest BCUT2D eigenvalue weighted by Gasteiger charge is 2.35. The number of hydrogen-bond acceptors (Lipinski definition) is 7. The molecule has 4 N–H and O–H groups in total. The van der Waals surface area contributed by atoms with E-state index < -0.39 is 60.1 Å². The molecule has 1 aliphatic heterocycles. The zero-order valence-electron chi connectivity index (χ0n) is 27.7. The van der Waals surface area contributed by atoms with E-state index in [-0.39, 0.29) is 30.3 Å². The van der Waals surface area contributed by atoms with Crippen LogP contribution in [0.15, 0.2) is 54.6 Å². The number of hydrogen-bond donors (Lipinski definition) is 4. The third-order valence-electron chi connectivity index (χ3n) is 7.77. The van der Waals surface area contributed by atoms with Crippen molar-refractivity contribution in [3.8, 4) is 5.75 Å². The smallest absolute Gasteiger partial charge is 0.255 e. The second-order valence-corrected chi connectivity index (χ2v) is 12.3. The number of fused-ring (bicyclic) bond motifs is 1. The quantitative estimate of drug-likeness (QED) is 0.320. The molecule has 1 aliphatic rings. The van der Waals surface area contributed by atoms with E-state index in [2.05, 4.69) is 21.3 Å². The lowest BCUT2D eigenvalue weighted by molar-refractivity contribution is -0.141. The van der Waals surface area contributed by atoms with Gasteiger partial charge in [-0.2, -0.15) is 0 Å². The molecule has 0 saturated carbocycles. The summed E-state index contributed by atoms with van der Waals surface area (Å²) in [5.74, 6) is -2.55. The monoisotopic (exact) mass is 636 g/mol. The Morgan fingerprint density at radius 1 is 0.978 bits per heavy atom.